The highest BCUT2D eigenvalue weighted by molar-refractivity contribution is 5.80. The zero-order chi connectivity index (χ0) is 20.2. The maximum absolute atomic E-state index is 6.06. The van der Waals surface area contributed by atoms with Gasteiger partial charge in [-0.3, -0.25) is 0 Å². The first-order valence-electron chi connectivity index (χ1n) is 10.9. The summed E-state index contributed by atoms with van der Waals surface area (Å²) in [5.41, 5.74) is 3.31. The van der Waals surface area contributed by atoms with Crippen LogP contribution in [0.15, 0.2) is 78.9 Å². The molecule has 2 heterocycles. The van der Waals surface area contributed by atoms with E-state index in [1.165, 1.54) is 24.8 Å². The summed E-state index contributed by atoms with van der Waals surface area (Å²) in [6.45, 7) is 2.10. The van der Waals surface area contributed by atoms with Crippen molar-refractivity contribution in [1.29, 1.82) is 0 Å². The second-order valence-electron chi connectivity index (χ2n) is 7.95. The van der Waals surface area contributed by atoms with Crippen LogP contribution < -0.4 is 10.1 Å². The van der Waals surface area contributed by atoms with Gasteiger partial charge in [0.2, 0.25) is 0 Å². The fourth-order valence-electron chi connectivity index (χ4n) is 4.30. The van der Waals surface area contributed by atoms with Gasteiger partial charge in [0.15, 0.2) is 0 Å². The Kier molecular flexibility index (Phi) is 5.49. The lowest BCUT2D eigenvalue weighted by atomic mass is 10.0. The molecule has 4 aromatic rings. The van der Waals surface area contributed by atoms with E-state index in [1.54, 1.807) is 0 Å². The topological polar surface area (TPSA) is 39.1 Å². The average Bonchev–Trinajstić information content (AvgIpc) is 3.18. The van der Waals surface area contributed by atoms with Gasteiger partial charge in [-0.1, -0.05) is 48.9 Å². The van der Waals surface area contributed by atoms with Crippen LogP contribution in [0.3, 0.4) is 0 Å². The van der Waals surface area contributed by atoms with Crippen LogP contribution in [0.4, 0.5) is 0 Å². The van der Waals surface area contributed by atoms with Crippen molar-refractivity contribution in [1.82, 2.24) is 14.9 Å². The van der Waals surface area contributed by atoms with Crippen LogP contribution in [0.25, 0.3) is 22.4 Å². The zero-order valence-electron chi connectivity index (χ0n) is 17.1. The van der Waals surface area contributed by atoms with Crippen molar-refractivity contribution < 1.29 is 4.74 Å². The lowest BCUT2D eigenvalue weighted by Gasteiger charge is -2.24. The highest BCUT2D eigenvalue weighted by Crippen LogP contribution is 2.30. The number of hydrogen-bond donors (Lipinski definition) is 1. The summed E-state index contributed by atoms with van der Waals surface area (Å²) in [4.78, 5) is 4.98. The van der Waals surface area contributed by atoms with Gasteiger partial charge >= 0.3 is 0 Å². The van der Waals surface area contributed by atoms with Crippen LogP contribution >= 0.6 is 0 Å². The summed E-state index contributed by atoms with van der Waals surface area (Å²) in [6.07, 6.45) is 5.01. The van der Waals surface area contributed by atoms with E-state index in [0.717, 1.165) is 47.9 Å². The second kappa shape index (κ2) is 8.72. The molecule has 0 spiro atoms. The Balaban J connectivity index is 1.46. The predicted octanol–water partition coefficient (Wildman–Crippen LogP) is 6.03. The standard InChI is InChI=1S/C26H27N3O/c1-2-11-22(12-3-1)30-23-13-8-9-20(19-23)26-28-24-14-4-5-15-25(24)29(26)18-16-21-10-6-7-17-27-21/h1-5,8-9,11-15,19,21,27H,6-7,10,16-18H2. The predicted molar refractivity (Wildman–Crippen MR) is 122 cm³/mol. The summed E-state index contributed by atoms with van der Waals surface area (Å²) in [5.74, 6) is 2.67. The molecule has 0 aliphatic carbocycles. The first-order valence-corrected chi connectivity index (χ1v) is 10.9. The van der Waals surface area contributed by atoms with E-state index >= 15 is 0 Å². The van der Waals surface area contributed by atoms with Crippen molar-refractivity contribution in [3.05, 3.63) is 78.9 Å². The molecule has 1 aromatic heterocycles. The van der Waals surface area contributed by atoms with E-state index in [-0.39, 0.29) is 0 Å². The third-order valence-electron chi connectivity index (χ3n) is 5.84. The van der Waals surface area contributed by atoms with Crippen LogP contribution in [0.1, 0.15) is 25.7 Å². The number of aromatic nitrogens is 2. The van der Waals surface area contributed by atoms with E-state index < -0.39 is 0 Å². The molecule has 1 unspecified atom stereocenters. The molecule has 3 aromatic carbocycles. The van der Waals surface area contributed by atoms with Crippen LogP contribution in [0.2, 0.25) is 0 Å². The number of benzene rings is 3. The maximum atomic E-state index is 6.06. The molecule has 1 aliphatic rings. The van der Waals surface area contributed by atoms with Crippen molar-refractivity contribution in [2.24, 2.45) is 0 Å². The number of aryl methyl sites for hydroxylation is 1. The Hall–Kier alpha value is -3.11. The normalized spacial score (nSPS) is 16.6. The van der Waals surface area contributed by atoms with Crippen molar-refractivity contribution in [3.8, 4) is 22.9 Å². The van der Waals surface area contributed by atoms with Crippen molar-refractivity contribution in [3.63, 3.8) is 0 Å². The molecule has 1 saturated heterocycles. The molecule has 1 N–H and O–H groups in total. The van der Waals surface area contributed by atoms with Gasteiger partial charge in [0.05, 0.1) is 11.0 Å². The van der Waals surface area contributed by atoms with Crippen LogP contribution in [-0.4, -0.2) is 22.1 Å². The molecule has 4 nitrogen and oxygen atoms in total. The third-order valence-corrected chi connectivity index (χ3v) is 5.84. The van der Waals surface area contributed by atoms with Gasteiger partial charge in [0.1, 0.15) is 17.3 Å². The molecule has 0 radical (unpaired) electrons. The molecule has 0 amide bonds. The number of imidazole rings is 1. The van der Waals surface area contributed by atoms with E-state index in [1.807, 2.05) is 42.5 Å². The molecule has 1 aliphatic heterocycles. The minimum atomic E-state index is 0.598. The van der Waals surface area contributed by atoms with Crippen molar-refractivity contribution >= 4 is 11.0 Å². The number of nitrogens with one attached hydrogen (secondary N) is 1. The zero-order valence-corrected chi connectivity index (χ0v) is 17.1. The summed E-state index contributed by atoms with van der Waals surface area (Å²) >= 11 is 0. The number of ether oxygens (including phenoxy) is 1. The van der Waals surface area contributed by atoms with E-state index in [9.17, 15) is 0 Å². The molecule has 4 heteroatoms. The number of nitrogens with zero attached hydrogens (tertiary/aromatic N) is 2. The van der Waals surface area contributed by atoms with Gasteiger partial charge in [-0.05, 0) is 62.2 Å². The fraction of sp³-hybridized carbons (Fsp3) is 0.269. The molecule has 5 rings (SSSR count). The smallest absolute Gasteiger partial charge is 0.141 e. The van der Waals surface area contributed by atoms with E-state index in [2.05, 4.69) is 46.3 Å². The number of fused-ring (bicyclic) bond motifs is 1. The monoisotopic (exact) mass is 397 g/mol. The highest BCUT2D eigenvalue weighted by atomic mass is 16.5. The molecule has 1 atom stereocenters. The van der Waals surface area contributed by atoms with Gasteiger partial charge < -0.3 is 14.6 Å². The van der Waals surface area contributed by atoms with Gasteiger partial charge in [0, 0.05) is 18.2 Å². The minimum absolute atomic E-state index is 0.598. The maximum Gasteiger partial charge on any atom is 0.141 e. The number of piperidine rings is 1. The molecule has 152 valence electrons. The van der Waals surface area contributed by atoms with Crippen molar-refractivity contribution in [2.75, 3.05) is 6.54 Å². The Bertz CT molecular complexity index is 1110. The summed E-state index contributed by atoms with van der Waals surface area (Å²) in [5, 5.41) is 3.67. The van der Waals surface area contributed by atoms with Crippen LogP contribution in [0.5, 0.6) is 11.5 Å². The minimum Gasteiger partial charge on any atom is -0.457 e. The summed E-state index contributed by atoms with van der Waals surface area (Å²) in [6, 6.07) is 27.2. The lowest BCUT2D eigenvalue weighted by Crippen LogP contribution is -2.34. The van der Waals surface area contributed by atoms with E-state index in [0.29, 0.717) is 6.04 Å². The first kappa shape index (κ1) is 18.9. The summed E-state index contributed by atoms with van der Waals surface area (Å²) in [7, 11) is 0. The van der Waals surface area contributed by atoms with Gasteiger partial charge in [-0.25, -0.2) is 4.98 Å². The van der Waals surface area contributed by atoms with E-state index in [4.69, 9.17) is 9.72 Å². The third kappa shape index (κ3) is 4.10. The molecule has 1 fully saturated rings. The largest absolute Gasteiger partial charge is 0.457 e. The van der Waals surface area contributed by atoms with Crippen LogP contribution in [-0.2, 0) is 6.54 Å². The molecule has 0 bridgehead atoms. The fourth-order valence-corrected chi connectivity index (χ4v) is 4.30. The Morgan fingerprint density at radius 1 is 0.900 bits per heavy atom. The lowest BCUT2D eigenvalue weighted by molar-refractivity contribution is 0.368. The number of hydrogen-bond acceptors (Lipinski definition) is 3. The van der Waals surface area contributed by atoms with Crippen molar-refractivity contribution in [2.45, 2.75) is 38.3 Å². The second-order valence-corrected chi connectivity index (χ2v) is 7.95. The molecular weight excluding hydrogens is 370 g/mol. The molecular formula is C26H27N3O. The average molecular weight is 398 g/mol. The summed E-state index contributed by atoms with van der Waals surface area (Å²) < 4.78 is 8.43. The SMILES string of the molecule is c1ccc(Oc2cccc(-c3nc4ccccc4n3CCC3CCCCN3)c2)cc1. The number of rotatable bonds is 6. The van der Waals surface area contributed by atoms with Gasteiger partial charge in [-0.15, -0.1) is 0 Å². The van der Waals surface area contributed by atoms with Crippen LogP contribution in [0, 0.1) is 0 Å². The highest BCUT2D eigenvalue weighted by Gasteiger charge is 2.17. The number of para-hydroxylation sites is 3. The van der Waals surface area contributed by atoms with Gasteiger partial charge in [0.25, 0.3) is 0 Å². The Morgan fingerprint density at radius 2 is 1.73 bits per heavy atom. The quantitative estimate of drug-likeness (QED) is 0.432. The first-order chi connectivity index (χ1) is 14.9. The Labute approximate surface area is 177 Å². The molecule has 0 saturated carbocycles. The van der Waals surface area contributed by atoms with Gasteiger partial charge in [-0.2, -0.15) is 0 Å². The molecule has 30 heavy (non-hydrogen) atoms. The Morgan fingerprint density at radius 3 is 2.60 bits per heavy atom.